The molecule has 0 aliphatic carbocycles. The van der Waals surface area contributed by atoms with Gasteiger partial charge >= 0.3 is 0 Å². The molecule has 0 unspecified atom stereocenters. The molecule has 0 radical (unpaired) electrons. The van der Waals surface area contributed by atoms with E-state index in [4.69, 9.17) is 9.47 Å². The average Bonchev–Trinajstić information content (AvgIpc) is 2.62. The van der Waals surface area contributed by atoms with Crippen molar-refractivity contribution in [1.82, 2.24) is 5.32 Å². The molecule has 2 rings (SSSR count). The van der Waals surface area contributed by atoms with Crippen molar-refractivity contribution in [3.05, 3.63) is 58.7 Å². The van der Waals surface area contributed by atoms with Crippen molar-refractivity contribution in [3.63, 3.8) is 0 Å². The van der Waals surface area contributed by atoms with E-state index in [1.54, 1.807) is 14.0 Å². The number of amides is 1. The van der Waals surface area contributed by atoms with Crippen molar-refractivity contribution < 1.29 is 14.3 Å². The summed E-state index contributed by atoms with van der Waals surface area (Å²) in [6, 6.07) is 12.1. The van der Waals surface area contributed by atoms with Crippen LogP contribution < -0.4 is 14.8 Å². The number of para-hydroxylation sites is 1. The molecule has 2 aromatic carbocycles. The van der Waals surface area contributed by atoms with Crippen molar-refractivity contribution in [2.45, 2.75) is 46.6 Å². The van der Waals surface area contributed by atoms with Gasteiger partial charge in [-0.05, 0) is 74.9 Å². The molecule has 2 aromatic rings. The van der Waals surface area contributed by atoms with E-state index in [1.165, 1.54) is 5.56 Å². The molecule has 1 amide bonds. The highest BCUT2D eigenvalue weighted by Crippen LogP contribution is 2.24. The smallest absolute Gasteiger partial charge is 0.260 e. The third-order valence-corrected chi connectivity index (χ3v) is 4.55. The molecule has 0 bridgehead atoms. The van der Waals surface area contributed by atoms with E-state index in [0.29, 0.717) is 6.54 Å². The lowest BCUT2D eigenvalue weighted by Gasteiger charge is -2.18. The van der Waals surface area contributed by atoms with Crippen LogP contribution in [0.2, 0.25) is 0 Å². The van der Waals surface area contributed by atoms with Gasteiger partial charge in [0.2, 0.25) is 0 Å². The summed E-state index contributed by atoms with van der Waals surface area (Å²) in [5.74, 6) is 1.57. The number of hydrogen-bond acceptors (Lipinski definition) is 3. The Hall–Kier alpha value is -2.49. The number of aryl methyl sites for hydroxylation is 3. The first-order valence-corrected chi connectivity index (χ1v) is 9.06. The molecule has 1 atom stereocenters. The lowest BCUT2D eigenvalue weighted by Crippen LogP contribution is -2.37. The summed E-state index contributed by atoms with van der Waals surface area (Å²) in [5.41, 5.74) is 4.53. The minimum atomic E-state index is -0.527. The second-order valence-electron chi connectivity index (χ2n) is 6.67. The fourth-order valence-corrected chi connectivity index (χ4v) is 2.91. The first-order chi connectivity index (χ1) is 12.4. The van der Waals surface area contributed by atoms with Gasteiger partial charge in [0, 0.05) is 6.54 Å². The normalized spacial score (nSPS) is 11.7. The Morgan fingerprint density at radius 2 is 1.85 bits per heavy atom. The molecule has 0 spiro atoms. The quantitative estimate of drug-likeness (QED) is 0.724. The van der Waals surface area contributed by atoms with Gasteiger partial charge in [-0.3, -0.25) is 4.79 Å². The fraction of sp³-hybridized carbons (Fsp3) is 0.409. The molecular weight excluding hydrogens is 326 g/mol. The third kappa shape index (κ3) is 5.25. The number of nitrogens with one attached hydrogen (secondary N) is 1. The van der Waals surface area contributed by atoms with Crippen LogP contribution in [-0.4, -0.2) is 25.7 Å². The molecule has 0 saturated heterocycles. The largest absolute Gasteiger partial charge is 0.496 e. The number of hydrogen-bond donors (Lipinski definition) is 1. The van der Waals surface area contributed by atoms with E-state index in [-0.39, 0.29) is 5.91 Å². The predicted octanol–water partition coefficient (Wildman–Crippen LogP) is 4.14. The van der Waals surface area contributed by atoms with Gasteiger partial charge in [-0.2, -0.15) is 0 Å². The zero-order chi connectivity index (χ0) is 19.1. The highest BCUT2D eigenvalue weighted by Gasteiger charge is 2.16. The van der Waals surface area contributed by atoms with Gasteiger partial charge in [0.25, 0.3) is 5.91 Å². The predicted molar refractivity (Wildman–Crippen MR) is 105 cm³/mol. The van der Waals surface area contributed by atoms with Gasteiger partial charge in [0.05, 0.1) is 7.11 Å². The van der Waals surface area contributed by atoms with Crippen LogP contribution in [0.25, 0.3) is 0 Å². The zero-order valence-corrected chi connectivity index (χ0v) is 16.4. The van der Waals surface area contributed by atoms with E-state index < -0.39 is 6.10 Å². The standard InChI is InChI=1S/C22H29NO3/c1-15-13-16(2)17(3)21(14-15)26-18(4)22(24)23-12-8-10-19-9-6-7-11-20(19)25-5/h6-7,9,11,13-14,18H,8,10,12H2,1-5H3,(H,23,24)/t18-/m1/s1. The summed E-state index contributed by atoms with van der Waals surface area (Å²) in [6.07, 6.45) is 1.18. The summed E-state index contributed by atoms with van der Waals surface area (Å²) in [7, 11) is 1.68. The molecule has 26 heavy (non-hydrogen) atoms. The van der Waals surface area contributed by atoms with Crippen LogP contribution in [0.3, 0.4) is 0 Å². The average molecular weight is 355 g/mol. The van der Waals surface area contributed by atoms with Crippen molar-refractivity contribution in [1.29, 1.82) is 0 Å². The third-order valence-electron chi connectivity index (χ3n) is 4.55. The Morgan fingerprint density at radius 3 is 2.58 bits per heavy atom. The molecular formula is C22H29NO3. The van der Waals surface area contributed by atoms with Crippen LogP contribution in [0.4, 0.5) is 0 Å². The van der Waals surface area contributed by atoms with E-state index in [9.17, 15) is 4.79 Å². The first kappa shape index (κ1) is 19.8. The minimum Gasteiger partial charge on any atom is -0.496 e. The summed E-state index contributed by atoms with van der Waals surface area (Å²) < 4.78 is 11.2. The molecule has 0 aliphatic rings. The Bertz CT molecular complexity index is 755. The van der Waals surface area contributed by atoms with Crippen molar-refractivity contribution >= 4 is 5.91 Å². The maximum atomic E-state index is 12.3. The van der Waals surface area contributed by atoms with E-state index >= 15 is 0 Å². The summed E-state index contributed by atoms with van der Waals surface area (Å²) in [4.78, 5) is 12.3. The van der Waals surface area contributed by atoms with Gasteiger partial charge in [-0.1, -0.05) is 24.3 Å². The van der Waals surface area contributed by atoms with Gasteiger partial charge in [-0.15, -0.1) is 0 Å². The SMILES string of the molecule is COc1ccccc1CCCNC(=O)[C@@H](C)Oc1cc(C)cc(C)c1C. The Kier molecular flexibility index (Phi) is 7.07. The van der Waals surface area contributed by atoms with Crippen molar-refractivity contribution in [3.8, 4) is 11.5 Å². The zero-order valence-electron chi connectivity index (χ0n) is 16.4. The second-order valence-corrected chi connectivity index (χ2v) is 6.67. The molecule has 0 fully saturated rings. The number of carbonyl (C=O) groups is 1. The van der Waals surface area contributed by atoms with Crippen LogP contribution in [0.5, 0.6) is 11.5 Å². The molecule has 4 nitrogen and oxygen atoms in total. The Balaban J connectivity index is 1.82. The summed E-state index contributed by atoms with van der Waals surface area (Å²) >= 11 is 0. The van der Waals surface area contributed by atoms with Crippen LogP contribution in [0.15, 0.2) is 36.4 Å². The molecule has 1 N–H and O–H groups in total. The topological polar surface area (TPSA) is 47.6 Å². The lowest BCUT2D eigenvalue weighted by molar-refractivity contribution is -0.127. The molecule has 0 heterocycles. The Morgan fingerprint density at radius 1 is 1.12 bits per heavy atom. The first-order valence-electron chi connectivity index (χ1n) is 9.06. The van der Waals surface area contributed by atoms with Crippen LogP contribution >= 0.6 is 0 Å². The maximum Gasteiger partial charge on any atom is 0.260 e. The second kappa shape index (κ2) is 9.27. The van der Waals surface area contributed by atoms with Gasteiger partial charge in [0.15, 0.2) is 6.10 Å². The van der Waals surface area contributed by atoms with Gasteiger partial charge < -0.3 is 14.8 Å². The monoisotopic (exact) mass is 355 g/mol. The van der Waals surface area contributed by atoms with Crippen molar-refractivity contribution in [2.75, 3.05) is 13.7 Å². The Labute approximate surface area is 156 Å². The number of ether oxygens (including phenoxy) is 2. The number of methoxy groups -OCH3 is 1. The summed E-state index contributed by atoms with van der Waals surface area (Å²) in [6.45, 7) is 8.49. The van der Waals surface area contributed by atoms with Crippen molar-refractivity contribution in [2.24, 2.45) is 0 Å². The number of carbonyl (C=O) groups excluding carboxylic acids is 1. The highest BCUT2D eigenvalue weighted by atomic mass is 16.5. The van der Waals surface area contributed by atoms with E-state index in [1.807, 2.05) is 38.1 Å². The van der Waals surface area contributed by atoms with Gasteiger partial charge in [0.1, 0.15) is 11.5 Å². The van der Waals surface area contributed by atoms with E-state index in [0.717, 1.165) is 41.0 Å². The molecule has 0 aliphatic heterocycles. The lowest BCUT2D eigenvalue weighted by atomic mass is 10.1. The van der Waals surface area contributed by atoms with E-state index in [2.05, 4.69) is 24.4 Å². The van der Waals surface area contributed by atoms with Gasteiger partial charge in [-0.25, -0.2) is 0 Å². The summed E-state index contributed by atoms with van der Waals surface area (Å²) in [5, 5.41) is 2.95. The molecule has 0 saturated carbocycles. The minimum absolute atomic E-state index is 0.0939. The molecule has 4 heteroatoms. The van der Waals surface area contributed by atoms with Crippen LogP contribution in [0, 0.1) is 20.8 Å². The fourth-order valence-electron chi connectivity index (χ4n) is 2.91. The number of benzene rings is 2. The molecule has 0 aromatic heterocycles. The van der Waals surface area contributed by atoms with Crippen LogP contribution in [-0.2, 0) is 11.2 Å². The maximum absolute atomic E-state index is 12.3. The molecule has 140 valence electrons. The number of rotatable bonds is 8. The van der Waals surface area contributed by atoms with Crippen LogP contribution in [0.1, 0.15) is 35.6 Å². The highest BCUT2D eigenvalue weighted by molar-refractivity contribution is 5.80.